The molecule has 4 rings (SSSR count). The molecular formula is C27H32N2O7. The molecule has 1 amide bonds. The summed E-state index contributed by atoms with van der Waals surface area (Å²) in [5.74, 6) is 0.0640. The predicted octanol–water partition coefficient (Wildman–Crippen LogP) is 2.86. The molecule has 36 heavy (non-hydrogen) atoms. The number of morpholine rings is 1. The SMILES string of the molecule is CCOc1ccc([C@H]2/C(=C(\O)c3ccc(OC)cc3)C(=O)C(=O)N2CCN2CCOCC2)cc1OC. The number of methoxy groups -OCH3 is 2. The number of rotatable bonds is 9. The number of benzene rings is 2. The van der Waals surface area contributed by atoms with Crippen LogP contribution in [0.25, 0.3) is 5.76 Å². The number of hydrogen-bond donors (Lipinski definition) is 1. The van der Waals surface area contributed by atoms with Crippen LogP contribution in [0.3, 0.4) is 0 Å². The zero-order chi connectivity index (χ0) is 25.7. The molecular weight excluding hydrogens is 464 g/mol. The summed E-state index contributed by atoms with van der Waals surface area (Å²) >= 11 is 0. The van der Waals surface area contributed by atoms with Crippen LogP contribution in [0.1, 0.15) is 24.1 Å². The van der Waals surface area contributed by atoms with Crippen molar-refractivity contribution in [2.24, 2.45) is 0 Å². The second kappa shape index (κ2) is 11.5. The van der Waals surface area contributed by atoms with Gasteiger partial charge in [-0.3, -0.25) is 14.5 Å². The average molecular weight is 497 g/mol. The Morgan fingerprint density at radius 1 is 1.00 bits per heavy atom. The van der Waals surface area contributed by atoms with E-state index in [1.807, 2.05) is 6.92 Å². The Morgan fingerprint density at radius 3 is 2.36 bits per heavy atom. The molecule has 2 saturated heterocycles. The number of ketones is 1. The molecule has 2 aliphatic rings. The highest BCUT2D eigenvalue weighted by Crippen LogP contribution is 2.42. The summed E-state index contributed by atoms with van der Waals surface area (Å²) in [7, 11) is 3.09. The van der Waals surface area contributed by atoms with Gasteiger partial charge in [0.15, 0.2) is 11.5 Å². The van der Waals surface area contributed by atoms with Gasteiger partial charge >= 0.3 is 0 Å². The molecule has 2 aromatic carbocycles. The summed E-state index contributed by atoms with van der Waals surface area (Å²) in [4.78, 5) is 30.3. The number of likely N-dealkylation sites (tertiary alicyclic amines) is 1. The number of hydrogen-bond acceptors (Lipinski definition) is 8. The van der Waals surface area contributed by atoms with E-state index in [1.165, 1.54) is 12.0 Å². The number of aliphatic hydroxyl groups is 1. The van der Waals surface area contributed by atoms with Crippen molar-refractivity contribution in [1.82, 2.24) is 9.80 Å². The molecule has 0 radical (unpaired) electrons. The molecule has 192 valence electrons. The number of nitrogens with zero attached hydrogens (tertiary/aromatic N) is 2. The molecule has 9 nitrogen and oxygen atoms in total. The highest BCUT2D eigenvalue weighted by atomic mass is 16.5. The van der Waals surface area contributed by atoms with E-state index >= 15 is 0 Å². The van der Waals surface area contributed by atoms with E-state index in [9.17, 15) is 14.7 Å². The largest absolute Gasteiger partial charge is 0.507 e. The van der Waals surface area contributed by atoms with Crippen molar-refractivity contribution in [3.05, 3.63) is 59.2 Å². The molecule has 0 saturated carbocycles. The average Bonchev–Trinajstić information content (AvgIpc) is 3.17. The molecule has 0 bridgehead atoms. The van der Waals surface area contributed by atoms with E-state index < -0.39 is 17.7 Å². The first-order valence-electron chi connectivity index (χ1n) is 12.0. The smallest absolute Gasteiger partial charge is 0.295 e. The molecule has 0 aromatic heterocycles. The summed E-state index contributed by atoms with van der Waals surface area (Å²) < 4.78 is 21.8. The lowest BCUT2D eigenvalue weighted by molar-refractivity contribution is -0.140. The lowest BCUT2D eigenvalue weighted by atomic mass is 9.95. The quantitative estimate of drug-likeness (QED) is 0.322. The van der Waals surface area contributed by atoms with Crippen molar-refractivity contribution in [3.8, 4) is 17.2 Å². The van der Waals surface area contributed by atoms with Gasteiger partial charge in [0.1, 0.15) is 11.5 Å². The minimum absolute atomic E-state index is 0.0401. The van der Waals surface area contributed by atoms with Crippen molar-refractivity contribution in [2.75, 3.05) is 60.2 Å². The molecule has 2 fully saturated rings. The highest BCUT2D eigenvalue weighted by Gasteiger charge is 2.46. The van der Waals surface area contributed by atoms with Crippen molar-refractivity contribution in [3.63, 3.8) is 0 Å². The minimum atomic E-state index is -0.780. The maximum absolute atomic E-state index is 13.3. The van der Waals surface area contributed by atoms with Gasteiger partial charge in [0, 0.05) is 31.7 Å². The van der Waals surface area contributed by atoms with Crippen LogP contribution >= 0.6 is 0 Å². The fraction of sp³-hybridized carbons (Fsp3) is 0.407. The molecule has 1 atom stereocenters. The van der Waals surface area contributed by atoms with E-state index in [-0.39, 0.29) is 11.3 Å². The fourth-order valence-electron chi connectivity index (χ4n) is 4.56. The molecule has 2 heterocycles. The Balaban J connectivity index is 1.76. The maximum atomic E-state index is 13.3. The second-order valence-corrected chi connectivity index (χ2v) is 8.52. The van der Waals surface area contributed by atoms with Gasteiger partial charge in [-0.15, -0.1) is 0 Å². The molecule has 2 aromatic rings. The van der Waals surface area contributed by atoms with Gasteiger partial charge in [-0.2, -0.15) is 0 Å². The molecule has 0 unspecified atom stereocenters. The summed E-state index contributed by atoms with van der Waals surface area (Å²) in [5.41, 5.74) is 1.11. The molecule has 1 N–H and O–H groups in total. The van der Waals surface area contributed by atoms with Gasteiger partial charge < -0.3 is 29.0 Å². The van der Waals surface area contributed by atoms with Gasteiger partial charge in [-0.25, -0.2) is 0 Å². The Kier molecular flexibility index (Phi) is 8.12. The number of ether oxygens (including phenoxy) is 4. The van der Waals surface area contributed by atoms with Crippen LogP contribution in [-0.2, 0) is 14.3 Å². The minimum Gasteiger partial charge on any atom is -0.507 e. The van der Waals surface area contributed by atoms with Crippen LogP contribution in [0.2, 0.25) is 0 Å². The molecule has 9 heteroatoms. The van der Waals surface area contributed by atoms with Gasteiger partial charge in [0.25, 0.3) is 11.7 Å². The second-order valence-electron chi connectivity index (χ2n) is 8.52. The van der Waals surface area contributed by atoms with Gasteiger partial charge in [0.2, 0.25) is 0 Å². The molecule has 0 spiro atoms. The Morgan fingerprint density at radius 2 is 1.72 bits per heavy atom. The third-order valence-corrected chi connectivity index (χ3v) is 6.47. The molecule has 0 aliphatic carbocycles. The van der Waals surface area contributed by atoms with E-state index in [4.69, 9.17) is 18.9 Å². The number of carbonyl (C=O) groups is 2. The van der Waals surface area contributed by atoms with Crippen molar-refractivity contribution in [1.29, 1.82) is 0 Å². The fourth-order valence-corrected chi connectivity index (χ4v) is 4.56. The topological polar surface area (TPSA) is 97.8 Å². The van der Waals surface area contributed by atoms with Crippen LogP contribution in [0.5, 0.6) is 17.2 Å². The maximum Gasteiger partial charge on any atom is 0.295 e. The third-order valence-electron chi connectivity index (χ3n) is 6.47. The van der Waals surface area contributed by atoms with Crippen LogP contribution < -0.4 is 14.2 Å². The lowest BCUT2D eigenvalue weighted by Gasteiger charge is -2.31. The van der Waals surface area contributed by atoms with Crippen molar-refractivity contribution < 1.29 is 33.6 Å². The normalized spacial score (nSPS) is 20.0. The number of Topliss-reactive ketones (excluding diaryl/α,β-unsaturated/α-hetero) is 1. The van der Waals surface area contributed by atoms with E-state index in [0.717, 1.165) is 13.1 Å². The number of carbonyl (C=O) groups excluding carboxylic acids is 2. The van der Waals surface area contributed by atoms with Crippen LogP contribution in [-0.4, -0.2) is 86.8 Å². The summed E-state index contributed by atoms with van der Waals surface area (Å²) in [5, 5.41) is 11.3. The Hall–Kier alpha value is -3.56. The van der Waals surface area contributed by atoms with Crippen LogP contribution in [0.15, 0.2) is 48.0 Å². The van der Waals surface area contributed by atoms with E-state index in [1.54, 1.807) is 49.6 Å². The number of amides is 1. The van der Waals surface area contributed by atoms with Gasteiger partial charge in [0.05, 0.1) is 45.7 Å². The standard InChI is InChI=1S/C27H32N2O7/c1-4-36-21-10-7-19(17-22(21)34-3)24-23(25(30)18-5-8-20(33-2)9-6-18)26(31)27(32)29(24)12-11-28-13-15-35-16-14-28/h5-10,17,24,30H,4,11-16H2,1-3H3/b25-23+/t24-/m0/s1. The van der Waals surface area contributed by atoms with Gasteiger partial charge in [-0.1, -0.05) is 6.07 Å². The number of aliphatic hydroxyl groups excluding tert-OH is 1. The monoisotopic (exact) mass is 496 g/mol. The third kappa shape index (κ3) is 5.17. The van der Waals surface area contributed by atoms with Crippen LogP contribution in [0.4, 0.5) is 0 Å². The molecule has 2 aliphatic heterocycles. The highest BCUT2D eigenvalue weighted by molar-refractivity contribution is 6.46. The van der Waals surface area contributed by atoms with Crippen LogP contribution in [0, 0.1) is 0 Å². The lowest BCUT2D eigenvalue weighted by Crippen LogP contribution is -2.42. The first-order chi connectivity index (χ1) is 17.5. The zero-order valence-corrected chi connectivity index (χ0v) is 20.9. The van der Waals surface area contributed by atoms with E-state index in [2.05, 4.69) is 4.90 Å². The van der Waals surface area contributed by atoms with Gasteiger partial charge in [-0.05, 0) is 48.9 Å². The first kappa shape index (κ1) is 25.5. The summed E-state index contributed by atoms with van der Waals surface area (Å²) in [6, 6.07) is 11.2. The summed E-state index contributed by atoms with van der Waals surface area (Å²) in [6.45, 7) is 6.04. The Bertz CT molecular complexity index is 1120. The Labute approximate surface area is 210 Å². The zero-order valence-electron chi connectivity index (χ0n) is 20.9. The van der Waals surface area contributed by atoms with Crippen molar-refractivity contribution >= 4 is 17.4 Å². The summed E-state index contributed by atoms with van der Waals surface area (Å²) in [6.07, 6.45) is 0. The first-order valence-corrected chi connectivity index (χ1v) is 12.0. The predicted molar refractivity (Wildman–Crippen MR) is 133 cm³/mol. The van der Waals surface area contributed by atoms with E-state index in [0.29, 0.717) is 61.3 Å². The van der Waals surface area contributed by atoms with Crippen molar-refractivity contribution in [2.45, 2.75) is 13.0 Å².